The number of nitrogens with zero attached hydrogens (tertiary/aromatic N) is 2. The molecule has 1 heterocycles. The predicted molar refractivity (Wildman–Crippen MR) is 164 cm³/mol. The van der Waals surface area contributed by atoms with Gasteiger partial charge in [0.05, 0.1) is 5.57 Å². The molecule has 2 heteroatoms. The van der Waals surface area contributed by atoms with Crippen molar-refractivity contribution in [2.45, 2.75) is 86.6 Å². The van der Waals surface area contributed by atoms with Crippen LogP contribution in [0.1, 0.15) is 104 Å². The summed E-state index contributed by atoms with van der Waals surface area (Å²) in [6, 6.07) is 16.0. The Morgan fingerprint density at radius 1 is 0.921 bits per heavy atom. The molecular weight excluding hydrogens is 460 g/mol. The first kappa shape index (κ1) is 27.9. The Balaban J connectivity index is 2.06. The van der Waals surface area contributed by atoms with Crippen LogP contribution in [-0.2, 0) is 0 Å². The third kappa shape index (κ3) is 5.37. The standard InChI is InChI=1S/C36H47N2/c1-10-15-27(7)29(9)37-20-21-38(36(37)32-19-14-16-26(6)28(32)8)35-33(24(2)3)22-31(23-34(35)25(4)5)30-17-12-11-13-18-30/h10-15,17-27,29H,16H2,1-9H3/q+1/t26?,27?,29-/m0/s1. The molecule has 0 bridgehead atoms. The van der Waals surface area contributed by atoms with E-state index in [9.17, 15) is 0 Å². The fraction of sp³-hybridized carbons (Fsp3) is 0.417. The minimum Gasteiger partial charge on any atom is -0.227 e. The smallest absolute Gasteiger partial charge is 0.227 e. The van der Waals surface area contributed by atoms with Crippen LogP contribution in [0.15, 0.2) is 84.7 Å². The molecule has 1 aliphatic carbocycles. The van der Waals surface area contributed by atoms with Gasteiger partial charge in [0, 0.05) is 17.0 Å². The van der Waals surface area contributed by atoms with Gasteiger partial charge in [-0.05, 0) is 68.2 Å². The second kappa shape index (κ2) is 11.7. The Kier molecular flexibility index (Phi) is 8.61. The predicted octanol–water partition coefficient (Wildman–Crippen LogP) is 9.82. The zero-order valence-electron chi connectivity index (χ0n) is 25.0. The molecular formula is C36H47N2+. The Morgan fingerprint density at radius 3 is 2.13 bits per heavy atom. The number of benzene rings is 2. The minimum absolute atomic E-state index is 0.335. The van der Waals surface area contributed by atoms with E-state index in [1.165, 1.54) is 44.9 Å². The highest BCUT2D eigenvalue weighted by Gasteiger charge is 2.33. The van der Waals surface area contributed by atoms with E-state index in [2.05, 4.69) is 151 Å². The molecule has 0 aliphatic heterocycles. The van der Waals surface area contributed by atoms with Gasteiger partial charge in [-0.1, -0.05) is 102 Å². The summed E-state index contributed by atoms with van der Waals surface area (Å²) in [5, 5.41) is 0. The molecule has 2 unspecified atom stereocenters. The zero-order valence-corrected chi connectivity index (χ0v) is 25.0. The third-order valence-corrected chi connectivity index (χ3v) is 8.48. The van der Waals surface area contributed by atoms with Crippen LogP contribution in [0.4, 0.5) is 0 Å². The molecule has 0 radical (unpaired) electrons. The maximum atomic E-state index is 2.52. The van der Waals surface area contributed by atoms with Gasteiger partial charge in [0.15, 0.2) is 0 Å². The second-order valence-electron chi connectivity index (χ2n) is 11.8. The van der Waals surface area contributed by atoms with Gasteiger partial charge >= 0.3 is 0 Å². The largest absolute Gasteiger partial charge is 0.294 e. The lowest BCUT2D eigenvalue weighted by atomic mass is 9.87. The Morgan fingerprint density at radius 2 is 1.55 bits per heavy atom. The van der Waals surface area contributed by atoms with Gasteiger partial charge in [0.2, 0.25) is 0 Å². The number of imidazole rings is 1. The van der Waals surface area contributed by atoms with Crippen molar-refractivity contribution in [3.8, 4) is 16.8 Å². The maximum Gasteiger partial charge on any atom is 0.294 e. The molecule has 3 atom stereocenters. The average Bonchev–Trinajstić information content (AvgIpc) is 3.34. The van der Waals surface area contributed by atoms with Crippen LogP contribution in [0.2, 0.25) is 0 Å². The van der Waals surface area contributed by atoms with Crippen molar-refractivity contribution in [2.75, 3.05) is 0 Å². The van der Waals surface area contributed by atoms with Crippen LogP contribution < -0.4 is 4.57 Å². The molecule has 0 spiro atoms. The number of hydrogen-bond acceptors (Lipinski definition) is 0. The first-order chi connectivity index (χ1) is 18.1. The van der Waals surface area contributed by atoms with E-state index in [1.807, 2.05) is 0 Å². The summed E-state index contributed by atoms with van der Waals surface area (Å²) < 4.78 is 5.03. The fourth-order valence-electron chi connectivity index (χ4n) is 5.75. The maximum absolute atomic E-state index is 2.52. The quantitative estimate of drug-likeness (QED) is 0.212. The molecule has 200 valence electrons. The number of hydrogen-bond donors (Lipinski definition) is 0. The van der Waals surface area contributed by atoms with Crippen LogP contribution in [0.5, 0.6) is 0 Å². The molecule has 38 heavy (non-hydrogen) atoms. The topological polar surface area (TPSA) is 8.81 Å². The molecule has 2 aromatic carbocycles. The summed E-state index contributed by atoms with van der Waals surface area (Å²) in [5.41, 5.74) is 9.58. The highest BCUT2D eigenvalue weighted by atomic mass is 15.2. The lowest BCUT2D eigenvalue weighted by Gasteiger charge is -2.23. The average molecular weight is 508 g/mol. The zero-order chi connectivity index (χ0) is 27.6. The Bertz CT molecular complexity index is 1320. The number of aromatic nitrogens is 2. The van der Waals surface area contributed by atoms with Gasteiger partial charge in [-0.15, -0.1) is 0 Å². The van der Waals surface area contributed by atoms with Crippen molar-refractivity contribution in [3.63, 3.8) is 0 Å². The normalized spacial score (nSPS) is 17.7. The fourth-order valence-corrected chi connectivity index (χ4v) is 5.75. The molecule has 1 aromatic heterocycles. The van der Waals surface area contributed by atoms with E-state index in [4.69, 9.17) is 0 Å². The van der Waals surface area contributed by atoms with Crippen LogP contribution >= 0.6 is 0 Å². The van der Waals surface area contributed by atoms with Crippen LogP contribution in [-0.4, -0.2) is 4.57 Å². The molecule has 1 aliphatic rings. The van der Waals surface area contributed by atoms with Gasteiger partial charge in [-0.25, -0.2) is 4.57 Å². The first-order valence-corrected chi connectivity index (χ1v) is 14.5. The van der Waals surface area contributed by atoms with Crippen molar-refractivity contribution in [3.05, 3.63) is 102 Å². The highest BCUT2D eigenvalue weighted by Crippen LogP contribution is 2.39. The van der Waals surface area contributed by atoms with E-state index in [1.54, 1.807) is 0 Å². The van der Waals surface area contributed by atoms with Crippen LogP contribution in [0.25, 0.3) is 22.4 Å². The van der Waals surface area contributed by atoms with Crippen molar-refractivity contribution in [2.24, 2.45) is 11.8 Å². The Labute approximate surface area is 231 Å². The van der Waals surface area contributed by atoms with Gasteiger partial charge in [0.1, 0.15) is 24.1 Å². The van der Waals surface area contributed by atoms with E-state index >= 15 is 0 Å². The van der Waals surface area contributed by atoms with E-state index < -0.39 is 0 Å². The summed E-state index contributed by atoms with van der Waals surface area (Å²) in [6.45, 7) is 20.8. The van der Waals surface area contributed by atoms with Crippen molar-refractivity contribution in [1.82, 2.24) is 4.57 Å². The molecule has 0 amide bonds. The van der Waals surface area contributed by atoms with Crippen LogP contribution in [0, 0.1) is 11.8 Å². The van der Waals surface area contributed by atoms with Gasteiger partial charge in [0.25, 0.3) is 5.82 Å². The molecule has 2 nitrogen and oxygen atoms in total. The molecule has 4 rings (SSSR count). The van der Waals surface area contributed by atoms with Crippen molar-refractivity contribution < 1.29 is 4.57 Å². The van der Waals surface area contributed by atoms with Gasteiger partial charge in [-0.3, -0.25) is 0 Å². The second-order valence-corrected chi connectivity index (χ2v) is 11.8. The minimum atomic E-state index is 0.335. The third-order valence-electron chi connectivity index (χ3n) is 8.48. The monoisotopic (exact) mass is 507 g/mol. The molecule has 0 N–H and O–H groups in total. The Hall–Kier alpha value is -3.13. The van der Waals surface area contributed by atoms with E-state index in [0.717, 1.165) is 6.42 Å². The highest BCUT2D eigenvalue weighted by molar-refractivity contribution is 5.75. The van der Waals surface area contributed by atoms with Crippen molar-refractivity contribution >= 4 is 5.57 Å². The van der Waals surface area contributed by atoms with E-state index in [0.29, 0.717) is 29.7 Å². The summed E-state index contributed by atoms with van der Waals surface area (Å²) in [7, 11) is 0. The molecule has 0 saturated carbocycles. The first-order valence-electron chi connectivity index (χ1n) is 14.5. The SMILES string of the molecule is CC=CC(C)[C@H](C)[n+]1ccn(-c2c(C(C)C)cc(-c3ccccc3)cc2C(C)C)c1C1=C(C)C(C)CC=C1. The van der Waals surface area contributed by atoms with Crippen LogP contribution in [0.3, 0.4) is 0 Å². The molecule has 3 aromatic rings. The lowest BCUT2D eigenvalue weighted by molar-refractivity contribution is -0.725. The number of allylic oxidation sites excluding steroid dienone is 6. The number of rotatable bonds is 8. The summed E-state index contributed by atoms with van der Waals surface area (Å²) in [6.07, 6.45) is 15.0. The molecule has 0 fully saturated rings. The summed E-state index contributed by atoms with van der Waals surface area (Å²) >= 11 is 0. The molecule has 0 saturated heterocycles. The summed E-state index contributed by atoms with van der Waals surface area (Å²) in [5.74, 6) is 3.06. The lowest BCUT2D eigenvalue weighted by Crippen LogP contribution is -2.43. The summed E-state index contributed by atoms with van der Waals surface area (Å²) in [4.78, 5) is 0. The van der Waals surface area contributed by atoms with E-state index in [-0.39, 0.29) is 0 Å². The van der Waals surface area contributed by atoms with Gasteiger partial charge < -0.3 is 0 Å². The van der Waals surface area contributed by atoms with Gasteiger partial charge in [-0.2, -0.15) is 4.57 Å². The van der Waals surface area contributed by atoms with Crippen molar-refractivity contribution in [1.29, 1.82) is 0 Å².